The molecule has 2 heteroatoms. The van der Waals surface area contributed by atoms with Crippen LogP contribution >= 0.6 is 0 Å². The first-order valence-corrected chi connectivity index (χ1v) is 6.83. The van der Waals surface area contributed by atoms with Gasteiger partial charge in [-0.05, 0) is 42.1 Å². The lowest BCUT2D eigenvalue weighted by Gasteiger charge is -2.16. The van der Waals surface area contributed by atoms with Crippen LogP contribution in [0.5, 0.6) is 5.75 Å². The van der Waals surface area contributed by atoms with Crippen LogP contribution in [0.2, 0.25) is 0 Å². The van der Waals surface area contributed by atoms with Crippen LogP contribution in [-0.2, 0) is 5.41 Å². The molecule has 0 aliphatic heterocycles. The first-order valence-electron chi connectivity index (χ1n) is 6.83. The Bertz CT molecular complexity index is 410. The van der Waals surface area contributed by atoms with Gasteiger partial charge in [-0.15, -0.1) is 0 Å². The molecule has 18 heavy (non-hydrogen) atoms. The molecular formula is C16H25NO. The molecule has 2 unspecified atom stereocenters. The van der Waals surface area contributed by atoms with Gasteiger partial charge < -0.3 is 10.1 Å². The first-order chi connectivity index (χ1) is 8.48. The number of hydrogen-bond acceptors (Lipinski definition) is 2. The molecule has 0 saturated heterocycles. The van der Waals surface area contributed by atoms with E-state index >= 15 is 0 Å². The Morgan fingerprint density at radius 3 is 2.28 bits per heavy atom. The molecule has 0 radical (unpaired) electrons. The van der Waals surface area contributed by atoms with Crippen LogP contribution in [0, 0.1) is 11.3 Å². The molecule has 1 N–H and O–H groups in total. The van der Waals surface area contributed by atoms with Crippen molar-refractivity contribution in [2.45, 2.75) is 33.1 Å². The van der Waals surface area contributed by atoms with Crippen molar-refractivity contribution >= 4 is 0 Å². The van der Waals surface area contributed by atoms with E-state index in [1.165, 1.54) is 5.56 Å². The number of hydrogen-bond donors (Lipinski definition) is 1. The Labute approximate surface area is 111 Å². The van der Waals surface area contributed by atoms with E-state index in [2.05, 4.69) is 57.3 Å². The molecule has 2 rings (SSSR count). The summed E-state index contributed by atoms with van der Waals surface area (Å²) in [7, 11) is 1.71. The highest BCUT2D eigenvalue weighted by atomic mass is 16.5. The highest BCUT2D eigenvalue weighted by Crippen LogP contribution is 2.68. The van der Waals surface area contributed by atoms with Crippen molar-refractivity contribution in [3.63, 3.8) is 0 Å². The highest BCUT2D eigenvalue weighted by molar-refractivity contribution is 5.41. The third kappa shape index (κ3) is 1.83. The van der Waals surface area contributed by atoms with Crippen LogP contribution in [0.4, 0.5) is 0 Å². The predicted molar refractivity (Wildman–Crippen MR) is 76.2 cm³/mol. The van der Waals surface area contributed by atoms with Crippen molar-refractivity contribution in [1.82, 2.24) is 5.32 Å². The van der Waals surface area contributed by atoms with Gasteiger partial charge in [-0.2, -0.15) is 0 Å². The smallest absolute Gasteiger partial charge is 0.118 e. The van der Waals surface area contributed by atoms with Crippen LogP contribution in [-0.4, -0.2) is 20.2 Å². The van der Waals surface area contributed by atoms with Crippen LogP contribution < -0.4 is 10.1 Å². The molecule has 1 aromatic carbocycles. The molecule has 0 spiro atoms. The van der Waals surface area contributed by atoms with Crippen molar-refractivity contribution in [3.05, 3.63) is 29.8 Å². The zero-order valence-electron chi connectivity index (χ0n) is 12.2. The van der Waals surface area contributed by atoms with E-state index in [-0.39, 0.29) is 5.41 Å². The molecule has 1 aliphatic carbocycles. The maximum Gasteiger partial charge on any atom is 0.118 e. The highest BCUT2D eigenvalue weighted by Gasteiger charge is 2.67. The molecule has 1 saturated carbocycles. The van der Waals surface area contributed by atoms with E-state index in [0.29, 0.717) is 11.3 Å². The second kappa shape index (κ2) is 4.58. The van der Waals surface area contributed by atoms with Crippen LogP contribution in [0.3, 0.4) is 0 Å². The van der Waals surface area contributed by atoms with Crippen molar-refractivity contribution < 1.29 is 4.74 Å². The van der Waals surface area contributed by atoms with Gasteiger partial charge in [0.1, 0.15) is 5.75 Å². The number of methoxy groups -OCH3 is 1. The first kappa shape index (κ1) is 13.4. The van der Waals surface area contributed by atoms with Crippen LogP contribution in [0.25, 0.3) is 0 Å². The minimum atomic E-state index is 0.279. The number of nitrogens with one attached hydrogen (secondary N) is 1. The predicted octanol–water partition coefficient (Wildman–Crippen LogP) is 3.22. The third-order valence-corrected chi connectivity index (χ3v) is 5.11. The molecule has 0 heterocycles. The van der Waals surface area contributed by atoms with E-state index in [9.17, 15) is 0 Å². The van der Waals surface area contributed by atoms with Crippen LogP contribution in [0.1, 0.15) is 33.3 Å². The fraction of sp³-hybridized carbons (Fsp3) is 0.625. The quantitative estimate of drug-likeness (QED) is 0.862. The van der Waals surface area contributed by atoms with Gasteiger partial charge in [0.2, 0.25) is 0 Å². The molecule has 1 aromatic rings. The maximum atomic E-state index is 5.23. The summed E-state index contributed by atoms with van der Waals surface area (Å²) in [4.78, 5) is 0. The lowest BCUT2D eigenvalue weighted by atomic mass is 9.89. The summed E-state index contributed by atoms with van der Waals surface area (Å²) in [5.74, 6) is 1.64. The molecule has 1 aliphatic rings. The molecule has 2 nitrogen and oxygen atoms in total. The summed E-state index contributed by atoms with van der Waals surface area (Å²) >= 11 is 0. The van der Waals surface area contributed by atoms with Gasteiger partial charge in [0.15, 0.2) is 0 Å². The summed E-state index contributed by atoms with van der Waals surface area (Å²) < 4.78 is 5.23. The largest absolute Gasteiger partial charge is 0.497 e. The van der Waals surface area contributed by atoms with Gasteiger partial charge >= 0.3 is 0 Å². The van der Waals surface area contributed by atoms with E-state index in [1.807, 2.05) is 0 Å². The van der Waals surface area contributed by atoms with Gasteiger partial charge in [0.25, 0.3) is 0 Å². The molecular weight excluding hydrogens is 222 g/mol. The number of benzene rings is 1. The van der Waals surface area contributed by atoms with Crippen molar-refractivity contribution in [2.24, 2.45) is 11.3 Å². The second-order valence-corrected chi connectivity index (χ2v) is 6.01. The SMILES string of the molecule is CCNCC1C(C)(C)C1(C)c1ccc(OC)cc1. The summed E-state index contributed by atoms with van der Waals surface area (Å²) in [5.41, 5.74) is 2.07. The molecule has 0 bridgehead atoms. The Hall–Kier alpha value is -1.02. The minimum Gasteiger partial charge on any atom is -0.497 e. The average molecular weight is 247 g/mol. The molecule has 1 fully saturated rings. The monoisotopic (exact) mass is 247 g/mol. The standard InChI is InChI=1S/C16H25NO/c1-6-17-11-14-15(2,3)16(14,4)12-7-9-13(18-5)10-8-12/h7-10,14,17H,6,11H2,1-5H3. The van der Waals surface area contributed by atoms with E-state index < -0.39 is 0 Å². The number of ether oxygens (including phenoxy) is 1. The van der Waals surface area contributed by atoms with Crippen molar-refractivity contribution in [1.29, 1.82) is 0 Å². The Kier molecular flexibility index (Phi) is 3.41. The molecule has 2 atom stereocenters. The second-order valence-electron chi connectivity index (χ2n) is 6.01. The summed E-state index contributed by atoms with van der Waals surface area (Å²) in [6.45, 7) is 11.5. The summed E-state index contributed by atoms with van der Waals surface area (Å²) in [5, 5.41) is 3.49. The van der Waals surface area contributed by atoms with Gasteiger partial charge in [0.05, 0.1) is 7.11 Å². The Balaban J connectivity index is 2.20. The zero-order chi connectivity index (χ0) is 13.4. The van der Waals surface area contributed by atoms with Gasteiger partial charge in [-0.3, -0.25) is 0 Å². The van der Waals surface area contributed by atoms with Crippen molar-refractivity contribution in [3.8, 4) is 5.75 Å². The lowest BCUT2D eigenvalue weighted by Crippen LogP contribution is -2.19. The normalized spacial score (nSPS) is 29.1. The summed E-state index contributed by atoms with van der Waals surface area (Å²) in [6.07, 6.45) is 0. The fourth-order valence-electron chi connectivity index (χ4n) is 3.36. The maximum absolute atomic E-state index is 5.23. The molecule has 0 aromatic heterocycles. The van der Waals surface area contributed by atoms with E-state index in [0.717, 1.165) is 18.8 Å². The third-order valence-electron chi connectivity index (χ3n) is 5.11. The van der Waals surface area contributed by atoms with Crippen molar-refractivity contribution in [2.75, 3.05) is 20.2 Å². The zero-order valence-corrected chi connectivity index (χ0v) is 12.2. The Morgan fingerprint density at radius 2 is 1.78 bits per heavy atom. The topological polar surface area (TPSA) is 21.3 Å². The fourth-order valence-corrected chi connectivity index (χ4v) is 3.36. The van der Waals surface area contributed by atoms with Gasteiger partial charge in [0, 0.05) is 5.41 Å². The Morgan fingerprint density at radius 1 is 1.17 bits per heavy atom. The molecule has 0 amide bonds. The number of rotatable bonds is 5. The van der Waals surface area contributed by atoms with E-state index in [1.54, 1.807) is 7.11 Å². The minimum absolute atomic E-state index is 0.279. The van der Waals surface area contributed by atoms with Gasteiger partial charge in [-0.25, -0.2) is 0 Å². The molecule has 100 valence electrons. The van der Waals surface area contributed by atoms with Crippen LogP contribution in [0.15, 0.2) is 24.3 Å². The van der Waals surface area contributed by atoms with E-state index in [4.69, 9.17) is 4.74 Å². The summed E-state index contributed by atoms with van der Waals surface area (Å²) in [6, 6.07) is 8.57. The van der Waals surface area contributed by atoms with Gasteiger partial charge in [-0.1, -0.05) is 39.8 Å². The lowest BCUT2D eigenvalue weighted by molar-refractivity contribution is 0.414. The average Bonchev–Trinajstić information content (AvgIpc) is 2.82.